The molecule has 2 N–H and O–H groups in total. The van der Waals surface area contributed by atoms with Gasteiger partial charge in [0.15, 0.2) is 5.01 Å². The number of hydrogen-bond acceptors (Lipinski definition) is 10. The average Bonchev–Trinajstić information content (AvgIpc) is 3.21. The summed E-state index contributed by atoms with van der Waals surface area (Å²) in [4.78, 5) is 25.1. The summed E-state index contributed by atoms with van der Waals surface area (Å²) in [5.41, 5.74) is 1.02. The van der Waals surface area contributed by atoms with E-state index in [9.17, 15) is 13.6 Å². The monoisotopic (exact) mass is 464 g/mol. The zero-order chi connectivity index (χ0) is 23.3. The van der Waals surface area contributed by atoms with Crippen molar-refractivity contribution in [2.75, 3.05) is 42.8 Å². The molecule has 32 heavy (non-hydrogen) atoms. The number of pyridine rings is 1. The second kappa shape index (κ2) is 9.87. The Balaban J connectivity index is 1.97. The number of carbonyl (C=O) groups excluding carboxylic acids is 1. The Labute approximate surface area is 187 Å². The van der Waals surface area contributed by atoms with Crippen molar-refractivity contribution in [3.05, 3.63) is 30.4 Å². The summed E-state index contributed by atoms with van der Waals surface area (Å²) in [7, 11) is 3.49. The number of nitrogens with zero attached hydrogens (tertiary/aromatic N) is 6. The van der Waals surface area contributed by atoms with Crippen LogP contribution in [0.2, 0.25) is 0 Å². The molecule has 0 radical (unpaired) electrons. The van der Waals surface area contributed by atoms with Crippen LogP contribution in [0, 0.1) is 0 Å². The van der Waals surface area contributed by atoms with Crippen LogP contribution in [0.15, 0.2) is 24.5 Å². The minimum absolute atomic E-state index is 0.153. The molecule has 3 aromatic heterocycles. The number of likely N-dealkylation sites (N-methyl/N-ethyl adjacent to an activating group) is 1. The van der Waals surface area contributed by atoms with Crippen LogP contribution in [0.1, 0.15) is 19.7 Å². The Morgan fingerprint density at radius 3 is 2.75 bits per heavy atom. The van der Waals surface area contributed by atoms with E-state index in [1.54, 1.807) is 13.2 Å². The lowest BCUT2D eigenvalue weighted by atomic mass is 10.2. The smallest absolute Gasteiger partial charge is 0.303 e. The van der Waals surface area contributed by atoms with Crippen LogP contribution in [-0.4, -0.2) is 58.4 Å². The van der Waals surface area contributed by atoms with Crippen molar-refractivity contribution in [2.45, 2.75) is 19.8 Å². The maximum Gasteiger partial charge on any atom is 0.303 e. The molecule has 0 unspecified atom stereocenters. The normalized spacial score (nSPS) is 11.3. The van der Waals surface area contributed by atoms with E-state index in [0.717, 1.165) is 6.92 Å². The third-order valence-electron chi connectivity index (χ3n) is 4.12. The first-order chi connectivity index (χ1) is 15.2. The summed E-state index contributed by atoms with van der Waals surface area (Å²) < 4.78 is 32.4. The van der Waals surface area contributed by atoms with Crippen LogP contribution in [0.5, 0.6) is 0 Å². The third-order valence-corrected chi connectivity index (χ3v) is 5.19. The summed E-state index contributed by atoms with van der Waals surface area (Å²) >= 11 is 1.32. The van der Waals surface area contributed by atoms with Gasteiger partial charge in [0.25, 0.3) is 0 Å². The minimum Gasteiger partial charge on any atom is -0.383 e. The van der Waals surface area contributed by atoms with Crippen LogP contribution in [-0.2, 0) is 15.5 Å². The van der Waals surface area contributed by atoms with E-state index in [1.165, 1.54) is 36.7 Å². The molecule has 0 spiro atoms. The number of aromatic nitrogens is 5. The molecule has 0 aromatic carbocycles. The van der Waals surface area contributed by atoms with E-state index in [4.69, 9.17) is 4.74 Å². The van der Waals surface area contributed by atoms with Crippen LogP contribution in [0.3, 0.4) is 0 Å². The molecule has 0 saturated carbocycles. The summed E-state index contributed by atoms with van der Waals surface area (Å²) in [6.45, 7) is 3.24. The van der Waals surface area contributed by atoms with Gasteiger partial charge in [0.05, 0.1) is 17.9 Å². The maximum absolute atomic E-state index is 13.7. The van der Waals surface area contributed by atoms with Gasteiger partial charge in [-0.15, -0.1) is 10.2 Å². The third kappa shape index (κ3) is 5.88. The Kier molecular flexibility index (Phi) is 7.20. The Bertz CT molecular complexity index is 1090. The quantitative estimate of drug-likeness (QED) is 0.492. The topological polar surface area (TPSA) is 118 Å². The largest absolute Gasteiger partial charge is 0.383 e. The lowest BCUT2D eigenvalue weighted by Gasteiger charge is -2.14. The zero-order valence-corrected chi connectivity index (χ0v) is 18.7. The van der Waals surface area contributed by atoms with Gasteiger partial charge in [0.1, 0.15) is 11.6 Å². The number of hydrogen-bond donors (Lipinski definition) is 2. The summed E-state index contributed by atoms with van der Waals surface area (Å²) in [6.07, 6.45) is 2.76. The van der Waals surface area contributed by atoms with E-state index in [2.05, 4.69) is 35.8 Å². The number of nitrogens with one attached hydrogen (secondary N) is 2. The number of methoxy groups -OCH3 is 1. The summed E-state index contributed by atoms with van der Waals surface area (Å²) in [5, 5.41) is 15.2. The maximum atomic E-state index is 13.7. The Morgan fingerprint density at radius 1 is 1.28 bits per heavy atom. The molecule has 1 amide bonds. The number of ether oxygens (including phenoxy) is 1. The molecule has 0 aliphatic rings. The number of amides is 1. The predicted molar refractivity (Wildman–Crippen MR) is 117 cm³/mol. The van der Waals surface area contributed by atoms with E-state index in [-0.39, 0.29) is 17.5 Å². The number of halogens is 2. The van der Waals surface area contributed by atoms with Crippen molar-refractivity contribution < 1.29 is 18.3 Å². The standard InChI is InChI=1S/C19H22F2N8O2S/c1-11(30)24-15-9-13(25-14-5-6-22-17(26-14)19(2,20)21)12(10-23-15)16-27-28-18(32-16)29(3)7-8-31-4/h5-6,9-10H,7-8H2,1-4H3,(H2,22,23,24,25,26,30). The number of carbonyl (C=O) groups is 1. The second-order valence-electron chi connectivity index (χ2n) is 6.88. The number of alkyl halides is 2. The molecule has 10 nitrogen and oxygen atoms in total. The van der Waals surface area contributed by atoms with Gasteiger partial charge in [-0.2, -0.15) is 8.78 Å². The lowest BCUT2D eigenvalue weighted by Crippen LogP contribution is -2.21. The molecule has 0 aliphatic heterocycles. The molecular formula is C19H22F2N8O2S. The Morgan fingerprint density at radius 2 is 2.06 bits per heavy atom. The molecule has 0 fully saturated rings. The van der Waals surface area contributed by atoms with Gasteiger partial charge in [-0.1, -0.05) is 11.3 Å². The van der Waals surface area contributed by atoms with Gasteiger partial charge in [-0.25, -0.2) is 15.0 Å². The highest BCUT2D eigenvalue weighted by Gasteiger charge is 2.28. The lowest BCUT2D eigenvalue weighted by molar-refractivity contribution is -0.114. The molecule has 3 rings (SSSR count). The van der Waals surface area contributed by atoms with Crippen molar-refractivity contribution in [1.29, 1.82) is 0 Å². The van der Waals surface area contributed by atoms with Crippen molar-refractivity contribution in [3.63, 3.8) is 0 Å². The van der Waals surface area contributed by atoms with E-state index >= 15 is 0 Å². The van der Waals surface area contributed by atoms with E-state index in [1.807, 2.05) is 11.9 Å². The van der Waals surface area contributed by atoms with Crippen LogP contribution >= 0.6 is 11.3 Å². The minimum atomic E-state index is -3.19. The molecule has 0 aliphatic carbocycles. The van der Waals surface area contributed by atoms with Gasteiger partial charge in [-0.05, 0) is 6.07 Å². The summed E-state index contributed by atoms with van der Waals surface area (Å²) in [6, 6.07) is 3.03. The highest BCUT2D eigenvalue weighted by Crippen LogP contribution is 2.35. The first kappa shape index (κ1) is 23.3. The molecule has 170 valence electrons. The first-order valence-corrected chi connectivity index (χ1v) is 10.3. The molecule has 13 heteroatoms. The highest BCUT2D eigenvalue weighted by molar-refractivity contribution is 7.18. The van der Waals surface area contributed by atoms with Crippen LogP contribution in [0.4, 0.5) is 31.2 Å². The van der Waals surface area contributed by atoms with E-state index in [0.29, 0.717) is 34.5 Å². The van der Waals surface area contributed by atoms with Crippen molar-refractivity contribution >= 4 is 39.7 Å². The van der Waals surface area contributed by atoms with Crippen LogP contribution < -0.4 is 15.5 Å². The first-order valence-electron chi connectivity index (χ1n) is 9.47. The van der Waals surface area contributed by atoms with Gasteiger partial charge >= 0.3 is 5.92 Å². The Hall–Kier alpha value is -3.32. The van der Waals surface area contributed by atoms with Crippen molar-refractivity contribution in [3.8, 4) is 10.6 Å². The molecular weight excluding hydrogens is 442 g/mol. The highest BCUT2D eigenvalue weighted by atomic mass is 32.1. The van der Waals surface area contributed by atoms with Gasteiger partial charge < -0.3 is 20.3 Å². The zero-order valence-electron chi connectivity index (χ0n) is 17.9. The predicted octanol–water partition coefficient (Wildman–Crippen LogP) is 3.29. The number of anilines is 4. The fourth-order valence-electron chi connectivity index (χ4n) is 2.56. The summed E-state index contributed by atoms with van der Waals surface area (Å²) in [5.74, 6) is -3.68. The fourth-order valence-corrected chi connectivity index (χ4v) is 3.41. The SMILES string of the molecule is COCCN(C)c1nnc(-c2cnc(NC(C)=O)cc2Nc2ccnc(C(C)(F)F)n2)s1. The fraction of sp³-hybridized carbons (Fsp3) is 0.368. The molecule has 3 aromatic rings. The van der Waals surface area contributed by atoms with Gasteiger partial charge in [0, 0.05) is 53.0 Å². The van der Waals surface area contributed by atoms with Gasteiger partial charge in [-0.3, -0.25) is 4.79 Å². The average molecular weight is 465 g/mol. The van der Waals surface area contributed by atoms with Crippen molar-refractivity contribution in [2.24, 2.45) is 0 Å². The molecule has 0 atom stereocenters. The molecule has 3 heterocycles. The van der Waals surface area contributed by atoms with Gasteiger partial charge in [0.2, 0.25) is 16.9 Å². The van der Waals surface area contributed by atoms with E-state index < -0.39 is 11.7 Å². The molecule has 0 bridgehead atoms. The number of rotatable bonds is 9. The molecule has 0 saturated heterocycles. The second-order valence-corrected chi connectivity index (χ2v) is 7.84. The van der Waals surface area contributed by atoms with Crippen molar-refractivity contribution in [1.82, 2.24) is 25.1 Å². The van der Waals surface area contributed by atoms with Crippen LogP contribution in [0.25, 0.3) is 10.6 Å².